The Balaban J connectivity index is 1.72. The van der Waals surface area contributed by atoms with Gasteiger partial charge in [-0.2, -0.15) is 0 Å². The summed E-state index contributed by atoms with van der Waals surface area (Å²) in [5.41, 5.74) is 1.24. The van der Waals surface area contributed by atoms with Crippen molar-refractivity contribution < 1.29 is 9.53 Å². The van der Waals surface area contributed by atoms with Crippen LogP contribution in [0.15, 0.2) is 11.4 Å². The Hall–Kier alpha value is -0.910. The smallest absolute Gasteiger partial charge is 0.221 e. The van der Waals surface area contributed by atoms with Gasteiger partial charge >= 0.3 is 0 Å². The Labute approximate surface area is 105 Å². The van der Waals surface area contributed by atoms with Crippen molar-refractivity contribution in [2.75, 3.05) is 19.8 Å². The van der Waals surface area contributed by atoms with Gasteiger partial charge in [0, 0.05) is 23.9 Å². The van der Waals surface area contributed by atoms with Crippen LogP contribution in [0.2, 0.25) is 0 Å². The maximum atomic E-state index is 11.7. The van der Waals surface area contributed by atoms with E-state index in [1.165, 1.54) is 10.4 Å². The minimum atomic E-state index is 0.0841. The standard InChI is InChI=1S/C12H18N2O2S/c1-9-2-5-17-11(9)7-14-12(15)6-10-8-16-4-3-13-10/h2,5,10,13H,3-4,6-8H2,1H3,(H,14,15). The van der Waals surface area contributed by atoms with Gasteiger partial charge in [-0.05, 0) is 23.9 Å². The van der Waals surface area contributed by atoms with Gasteiger partial charge in [0.05, 0.1) is 19.8 Å². The summed E-state index contributed by atoms with van der Waals surface area (Å²) in [5.74, 6) is 0.0841. The highest BCUT2D eigenvalue weighted by molar-refractivity contribution is 7.10. The Morgan fingerprint density at radius 3 is 3.24 bits per heavy atom. The van der Waals surface area contributed by atoms with Gasteiger partial charge < -0.3 is 15.4 Å². The molecule has 94 valence electrons. The lowest BCUT2D eigenvalue weighted by Crippen LogP contribution is -2.44. The number of amides is 1. The van der Waals surface area contributed by atoms with Crippen molar-refractivity contribution in [3.8, 4) is 0 Å². The number of nitrogens with one attached hydrogen (secondary N) is 2. The van der Waals surface area contributed by atoms with Crippen molar-refractivity contribution >= 4 is 17.2 Å². The topological polar surface area (TPSA) is 50.4 Å². The molecule has 1 amide bonds. The van der Waals surface area contributed by atoms with E-state index in [0.717, 1.165) is 13.2 Å². The maximum Gasteiger partial charge on any atom is 0.221 e. The number of rotatable bonds is 4. The highest BCUT2D eigenvalue weighted by Gasteiger charge is 2.16. The van der Waals surface area contributed by atoms with Gasteiger partial charge in [0.1, 0.15) is 0 Å². The fourth-order valence-electron chi connectivity index (χ4n) is 1.81. The SMILES string of the molecule is Cc1ccsc1CNC(=O)CC1COCCN1. The number of carbonyl (C=O) groups excluding carboxylic acids is 1. The lowest BCUT2D eigenvalue weighted by Gasteiger charge is -2.23. The molecule has 1 atom stereocenters. The highest BCUT2D eigenvalue weighted by atomic mass is 32.1. The zero-order valence-corrected chi connectivity index (χ0v) is 10.8. The van der Waals surface area contributed by atoms with Gasteiger partial charge in [-0.15, -0.1) is 11.3 Å². The molecule has 0 aromatic carbocycles. The number of aryl methyl sites for hydroxylation is 1. The highest BCUT2D eigenvalue weighted by Crippen LogP contribution is 2.14. The minimum Gasteiger partial charge on any atom is -0.378 e. The predicted octanol–water partition coefficient (Wildman–Crippen LogP) is 1.05. The first-order valence-corrected chi connectivity index (χ1v) is 6.74. The monoisotopic (exact) mass is 254 g/mol. The molecule has 1 aliphatic heterocycles. The van der Waals surface area contributed by atoms with Crippen LogP contribution in [0.4, 0.5) is 0 Å². The lowest BCUT2D eigenvalue weighted by molar-refractivity contribution is -0.122. The second-order valence-corrected chi connectivity index (χ2v) is 5.23. The van der Waals surface area contributed by atoms with Crippen molar-refractivity contribution in [1.82, 2.24) is 10.6 Å². The van der Waals surface area contributed by atoms with Gasteiger partial charge in [-0.3, -0.25) is 4.79 Å². The first-order chi connectivity index (χ1) is 8.25. The number of hydrogen-bond acceptors (Lipinski definition) is 4. The normalized spacial score (nSPS) is 20.2. The minimum absolute atomic E-state index is 0.0841. The first kappa shape index (κ1) is 12.5. The van der Waals surface area contributed by atoms with E-state index in [9.17, 15) is 4.79 Å². The molecule has 2 rings (SSSR count). The summed E-state index contributed by atoms with van der Waals surface area (Å²) in [7, 11) is 0. The van der Waals surface area contributed by atoms with Crippen LogP contribution >= 0.6 is 11.3 Å². The number of ether oxygens (including phenoxy) is 1. The Morgan fingerprint density at radius 1 is 1.71 bits per heavy atom. The van der Waals surface area contributed by atoms with Crippen LogP contribution < -0.4 is 10.6 Å². The quantitative estimate of drug-likeness (QED) is 0.844. The summed E-state index contributed by atoms with van der Waals surface area (Å²) in [6, 6.07) is 2.23. The maximum absolute atomic E-state index is 11.7. The molecule has 5 heteroatoms. The van der Waals surface area contributed by atoms with Crippen LogP contribution in [0, 0.1) is 6.92 Å². The molecule has 0 radical (unpaired) electrons. The Bertz CT molecular complexity index is 372. The molecule has 2 N–H and O–H groups in total. The van der Waals surface area contributed by atoms with Crippen molar-refractivity contribution in [1.29, 1.82) is 0 Å². The van der Waals surface area contributed by atoms with Crippen LogP contribution in [0.3, 0.4) is 0 Å². The molecule has 1 saturated heterocycles. The van der Waals surface area contributed by atoms with Gasteiger partial charge in [-0.1, -0.05) is 0 Å². The zero-order valence-electron chi connectivity index (χ0n) is 9.99. The third-order valence-corrected chi connectivity index (χ3v) is 3.87. The van der Waals surface area contributed by atoms with E-state index in [-0.39, 0.29) is 11.9 Å². The summed E-state index contributed by atoms with van der Waals surface area (Å²) < 4.78 is 5.31. The van der Waals surface area contributed by atoms with E-state index >= 15 is 0 Å². The molecule has 0 aliphatic carbocycles. The van der Waals surface area contributed by atoms with Crippen molar-refractivity contribution in [3.05, 3.63) is 21.9 Å². The summed E-state index contributed by atoms with van der Waals surface area (Å²) in [6.45, 7) is 4.91. The van der Waals surface area contributed by atoms with Crippen molar-refractivity contribution in [2.45, 2.75) is 25.9 Å². The lowest BCUT2D eigenvalue weighted by atomic mass is 10.2. The molecule has 0 spiro atoms. The summed E-state index contributed by atoms with van der Waals surface area (Å²) in [5, 5.41) is 8.27. The molecular weight excluding hydrogens is 236 g/mol. The van der Waals surface area contributed by atoms with Gasteiger partial charge in [-0.25, -0.2) is 0 Å². The first-order valence-electron chi connectivity index (χ1n) is 5.86. The number of carbonyl (C=O) groups is 1. The molecule has 0 bridgehead atoms. The fourth-order valence-corrected chi connectivity index (χ4v) is 2.66. The molecule has 1 unspecified atom stereocenters. The average Bonchev–Trinajstić information content (AvgIpc) is 2.74. The summed E-state index contributed by atoms with van der Waals surface area (Å²) in [6.07, 6.45) is 0.490. The van der Waals surface area contributed by atoms with Crippen LogP contribution in [0.1, 0.15) is 16.9 Å². The zero-order chi connectivity index (χ0) is 12.1. The van der Waals surface area contributed by atoms with Gasteiger partial charge in [0.2, 0.25) is 5.91 Å². The molecule has 17 heavy (non-hydrogen) atoms. The molecule has 1 aliphatic rings. The average molecular weight is 254 g/mol. The summed E-state index contributed by atoms with van der Waals surface area (Å²) >= 11 is 1.68. The molecule has 1 aromatic rings. The summed E-state index contributed by atoms with van der Waals surface area (Å²) in [4.78, 5) is 12.9. The number of thiophene rings is 1. The second kappa shape index (κ2) is 6.14. The third kappa shape index (κ3) is 3.80. The molecule has 4 nitrogen and oxygen atoms in total. The van der Waals surface area contributed by atoms with Gasteiger partial charge in [0.25, 0.3) is 0 Å². The molecule has 2 heterocycles. The predicted molar refractivity (Wildman–Crippen MR) is 68.1 cm³/mol. The third-order valence-electron chi connectivity index (χ3n) is 2.84. The second-order valence-electron chi connectivity index (χ2n) is 4.23. The molecule has 1 fully saturated rings. The van der Waals surface area contributed by atoms with Crippen molar-refractivity contribution in [3.63, 3.8) is 0 Å². The van der Waals surface area contributed by atoms with Gasteiger partial charge in [0.15, 0.2) is 0 Å². The molecular formula is C12H18N2O2S. The Morgan fingerprint density at radius 2 is 2.59 bits per heavy atom. The fraction of sp³-hybridized carbons (Fsp3) is 0.583. The van der Waals surface area contributed by atoms with Crippen LogP contribution in [-0.2, 0) is 16.1 Å². The largest absolute Gasteiger partial charge is 0.378 e. The molecule has 1 aromatic heterocycles. The van der Waals surface area contributed by atoms with E-state index in [0.29, 0.717) is 19.6 Å². The van der Waals surface area contributed by atoms with Crippen LogP contribution in [0.25, 0.3) is 0 Å². The van der Waals surface area contributed by atoms with E-state index in [2.05, 4.69) is 23.6 Å². The van der Waals surface area contributed by atoms with Crippen LogP contribution in [-0.4, -0.2) is 31.7 Å². The van der Waals surface area contributed by atoms with E-state index in [1.54, 1.807) is 11.3 Å². The van der Waals surface area contributed by atoms with E-state index in [1.807, 2.05) is 5.38 Å². The molecule has 0 saturated carbocycles. The number of hydrogen-bond donors (Lipinski definition) is 2. The van der Waals surface area contributed by atoms with E-state index < -0.39 is 0 Å². The van der Waals surface area contributed by atoms with E-state index in [4.69, 9.17) is 4.74 Å². The Kier molecular flexibility index (Phi) is 4.53. The van der Waals surface area contributed by atoms with Crippen LogP contribution in [0.5, 0.6) is 0 Å². The van der Waals surface area contributed by atoms with Crippen molar-refractivity contribution in [2.24, 2.45) is 0 Å². The number of morpholine rings is 1.